The van der Waals surface area contributed by atoms with Crippen LogP contribution in [0, 0.1) is 17.2 Å². The minimum Gasteiger partial charge on any atom is -0.462 e. The number of esters is 1. The molecule has 0 aliphatic carbocycles. The van der Waals surface area contributed by atoms with Gasteiger partial charge in [0.15, 0.2) is 0 Å². The van der Waals surface area contributed by atoms with Gasteiger partial charge in [-0.1, -0.05) is 121 Å². The molecule has 1 aromatic rings. The third kappa shape index (κ3) is 19.3. The van der Waals surface area contributed by atoms with Crippen LogP contribution in [-0.2, 0) is 9.47 Å². The van der Waals surface area contributed by atoms with Gasteiger partial charge in [0.1, 0.15) is 6.61 Å². The quantitative estimate of drug-likeness (QED) is 0.117. The van der Waals surface area contributed by atoms with E-state index in [0.717, 1.165) is 12.8 Å². The van der Waals surface area contributed by atoms with Gasteiger partial charge in [0, 0.05) is 18.9 Å². The van der Waals surface area contributed by atoms with Gasteiger partial charge in [-0.3, -0.25) is 0 Å². The molecule has 0 fully saturated rings. The molecule has 0 radical (unpaired) electrons. The van der Waals surface area contributed by atoms with E-state index in [-0.39, 0.29) is 25.6 Å². The monoisotopic (exact) mass is 514 g/mol. The minimum absolute atomic E-state index is 0.0354. The zero-order chi connectivity index (χ0) is 26.8. The van der Waals surface area contributed by atoms with Crippen LogP contribution in [0.3, 0.4) is 0 Å². The maximum atomic E-state index is 12.1. The summed E-state index contributed by atoms with van der Waals surface area (Å²) in [6.07, 6.45) is 20.7. The summed E-state index contributed by atoms with van der Waals surface area (Å²) in [6.45, 7) is 2.93. The second kappa shape index (κ2) is 23.8. The first-order chi connectivity index (χ1) is 18.2. The molecule has 0 heterocycles. The summed E-state index contributed by atoms with van der Waals surface area (Å²) >= 11 is 0. The molecule has 0 aromatic heterocycles. The van der Waals surface area contributed by atoms with E-state index >= 15 is 0 Å². The number of amides is 1. The fourth-order valence-electron chi connectivity index (χ4n) is 4.25. The van der Waals surface area contributed by atoms with Crippen molar-refractivity contribution in [3.63, 3.8) is 0 Å². The van der Waals surface area contributed by atoms with Gasteiger partial charge in [-0.2, -0.15) is 5.26 Å². The molecule has 1 atom stereocenters. The molecule has 0 spiro atoms. The number of nitrogens with one attached hydrogen (secondary N) is 1. The molecule has 6 nitrogen and oxygen atoms in total. The lowest BCUT2D eigenvalue weighted by atomic mass is 10.0. The van der Waals surface area contributed by atoms with E-state index in [9.17, 15) is 9.59 Å². The van der Waals surface area contributed by atoms with Crippen molar-refractivity contribution in [2.24, 2.45) is 5.92 Å². The summed E-state index contributed by atoms with van der Waals surface area (Å²) in [4.78, 5) is 24.0. The number of rotatable bonds is 23. The maximum absolute atomic E-state index is 12.1. The average Bonchev–Trinajstić information content (AvgIpc) is 2.92. The first-order valence-electron chi connectivity index (χ1n) is 14.7. The van der Waals surface area contributed by atoms with E-state index in [4.69, 9.17) is 14.7 Å². The summed E-state index contributed by atoms with van der Waals surface area (Å²) in [5, 5.41) is 11.8. The second-order valence-corrected chi connectivity index (χ2v) is 10.0. The van der Waals surface area contributed by atoms with E-state index < -0.39 is 12.1 Å². The first-order valence-corrected chi connectivity index (χ1v) is 14.7. The van der Waals surface area contributed by atoms with Gasteiger partial charge in [-0.15, -0.1) is 0 Å². The smallest absolute Gasteiger partial charge is 0.407 e. The molecule has 1 amide bonds. The van der Waals surface area contributed by atoms with Crippen molar-refractivity contribution in [2.45, 2.75) is 116 Å². The lowest BCUT2D eigenvalue weighted by Gasteiger charge is -2.15. The van der Waals surface area contributed by atoms with Crippen molar-refractivity contribution in [3.05, 3.63) is 35.9 Å². The number of hydrogen-bond donors (Lipinski definition) is 1. The zero-order valence-corrected chi connectivity index (χ0v) is 23.2. The Kier molecular flexibility index (Phi) is 20.9. The Balaban J connectivity index is 1.93. The molecule has 1 aromatic carbocycles. The van der Waals surface area contributed by atoms with E-state index in [2.05, 4.69) is 18.3 Å². The van der Waals surface area contributed by atoms with Gasteiger partial charge in [0.25, 0.3) is 0 Å². The maximum Gasteiger partial charge on any atom is 0.407 e. The highest BCUT2D eigenvalue weighted by molar-refractivity contribution is 5.89. The highest BCUT2D eigenvalue weighted by Gasteiger charge is 2.15. The second-order valence-electron chi connectivity index (χ2n) is 10.0. The lowest BCUT2D eigenvalue weighted by molar-refractivity contribution is 0.0371. The van der Waals surface area contributed by atoms with Crippen LogP contribution in [0.2, 0.25) is 0 Å². The molecule has 1 rings (SSSR count). The van der Waals surface area contributed by atoms with Crippen molar-refractivity contribution in [2.75, 3.05) is 19.8 Å². The van der Waals surface area contributed by atoms with Crippen LogP contribution in [0.5, 0.6) is 0 Å². The van der Waals surface area contributed by atoms with Gasteiger partial charge in [-0.05, 0) is 18.6 Å². The van der Waals surface area contributed by atoms with Crippen LogP contribution in [0.25, 0.3) is 0 Å². The third-order valence-corrected chi connectivity index (χ3v) is 6.59. The molecule has 0 aliphatic rings. The van der Waals surface area contributed by atoms with Crippen LogP contribution in [0.1, 0.15) is 126 Å². The average molecular weight is 515 g/mol. The molecule has 6 heteroatoms. The number of alkyl carbamates (subject to hydrolysis) is 1. The van der Waals surface area contributed by atoms with Crippen molar-refractivity contribution >= 4 is 12.1 Å². The van der Waals surface area contributed by atoms with Gasteiger partial charge in [0.05, 0.1) is 18.2 Å². The number of unbranched alkanes of at least 4 members (excludes halogenated alkanes) is 15. The standard InChI is InChI=1S/C31H50N2O4/c1-2-3-4-5-6-7-8-9-10-11-12-13-14-15-16-20-25-33-31(35)37-27-28(23-24-32)26-36-30(34)29-21-18-17-19-22-29/h17-19,21-22,28H,2-16,20,23,25-27H2,1H3,(H,33,35). The van der Waals surface area contributed by atoms with E-state index in [0.29, 0.717) is 12.1 Å². The van der Waals surface area contributed by atoms with Crippen LogP contribution in [-0.4, -0.2) is 31.8 Å². The Hall–Kier alpha value is -2.55. The molecular formula is C31H50N2O4. The number of benzene rings is 1. The summed E-state index contributed by atoms with van der Waals surface area (Å²) < 4.78 is 10.5. The van der Waals surface area contributed by atoms with Crippen molar-refractivity contribution < 1.29 is 19.1 Å². The van der Waals surface area contributed by atoms with Crippen molar-refractivity contribution in [1.29, 1.82) is 5.26 Å². The van der Waals surface area contributed by atoms with E-state index in [1.54, 1.807) is 24.3 Å². The predicted molar refractivity (Wildman–Crippen MR) is 149 cm³/mol. The molecule has 0 saturated heterocycles. The Labute approximate surface area is 225 Å². The highest BCUT2D eigenvalue weighted by atomic mass is 16.6. The zero-order valence-electron chi connectivity index (χ0n) is 23.2. The number of nitriles is 1. The van der Waals surface area contributed by atoms with Crippen LogP contribution in [0.4, 0.5) is 4.79 Å². The molecule has 37 heavy (non-hydrogen) atoms. The Bertz CT molecular complexity index is 732. The van der Waals surface area contributed by atoms with E-state index in [1.165, 1.54) is 89.9 Å². The summed E-state index contributed by atoms with van der Waals surface area (Å²) in [5.74, 6) is -0.796. The highest BCUT2D eigenvalue weighted by Crippen LogP contribution is 2.14. The van der Waals surface area contributed by atoms with Crippen LogP contribution in [0.15, 0.2) is 30.3 Å². The number of carbonyl (C=O) groups excluding carboxylic acids is 2. The molecule has 0 saturated carbocycles. The van der Waals surface area contributed by atoms with Crippen LogP contribution < -0.4 is 5.32 Å². The number of hydrogen-bond acceptors (Lipinski definition) is 5. The Morgan fingerprint density at radius 1 is 0.757 bits per heavy atom. The molecule has 0 bridgehead atoms. The number of nitrogens with zero attached hydrogens (tertiary/aromatic N) is 1. The summed E-state index contributed by atoms with van der Waals surface area (Å²) in [5.41, 5.74) is 0.454. The first kappa shape index (κ1) is 32.5. The third-order valence-electron chi connectivity index (χ3n) is 6.59. The lowest BCUT2D eigenvalue weighted by Crippen LogP contribution is -2.28. The Morgan fingerprint density at radius 2 is 1.24 bits per heavy atom. The van der Waals surface area contributed by atoms with Crippen LogP contribution >= 0.6 is 0 Å². The fraction of sp³-hybridized carbons (Fsp3) is 0.710. The largest absolute Gasteiger partial charge is 0.462 e. The summed E-state index contributed by atoms with van der Waals surface area (Å²) in [7, 11) is 0. The normalized spacial score (nSPS) is 11.5. The fourth-order valence-corrected chi connectivity index (χ4v) is 4.25. The SMILES string of the molecule is CCCCCCCCCCCCCCCCCCNC(=O)OCC(CC#N)COC(=O)c1ccccc1. The Morgan fingerprint density at radius 3 is 1.76 bits per heavy atom. The van der Waals surface area contributed by atoms with Crippen molar-refractivity contribution in [1.82, 2.24) is 5.32 Å². The van der Waals surface area contributed by atoms with Gasteiger partial charge >= 0.3 is 12.1 Å². The molecule has 0 aliphatic heterocycles. The number of carbonyl (C=O) groups is 2. The number of ether oxygens (including phenoxy) is 2. The minimum atomic E-state index is -0.488. The van der Waals surface area contributed by atoms with Gasteiger partial charge < -0.3 is 14.8 Å². The molecule has 208 valence electrons. The van der Waals surface area contributed by atoms with Gasteiger partial charge in [-0.25, -0.2) is 9.59 Å². The topological polar surface area (TPSA) is 88.4 Å². The van der Waals surface area contributed by atoms with Crippen molar-refractivity contribution in [3.8, 4) is 6.07 Å². The molecular weight excluding hydrogens is 464 g/mol. The molecule has 1 unspecified atom stereocenters. The predicted octanol–water partition coefficient (Wildman–Crippen LogP) is 8.36. The van der Waals surface area contributed by atoms with E-state index in [1.807, 2.05) is 6.07 Å². The van der Waals surface area contributed by atoms with Gasteiger partial charge in [0.2, 0.25) is 0 Å². The summed E-state index contributed by atoms with van der Waals surface area (Å²) in [6, 6.07) is 10.7. The molecule has 1 N–H and O–H groups in total.